The van der Waals surface area contributed by atoms with Crippen LogP contribution in [0.5, 0.6) is 5.75 Å². The molecule has 0 saturated carbocycles. The zero-order valence-electron chi connectivity index (χ0n) is 15.2. The van der Waals surface area contributed by atoms with Crippen LogP contribution < -0.4 is 4.74 Å². The number of methoxy groups -OCH3 is 2. The monoisotopic (exact) mass is 389 g/mol. The fraction of sp³-hybridized carbons (Fsp3) is 0.286. The lowest BCUT2D eigenvalue weighted by Crippen LogP contribution is -2.06. The predicted molar refractivity (Wildman–Crippen MR) is 103 cm³/mol. The minimum absolute atomic E-state index is 0.165. The lowest BCUT2D eigenvalue weighted by molar-refractivity contribution is -0.0798. The second-order valence-corrected chi connectivity index (χ2v) is 6.83. The lowest BCUT2D eigenvalue weighted by Gasteiger charge is -2.18. The smallest absolute Gasteiger partial charge is 0.198 e. The number of benzene rings is 1. The molecule has 27 heavy (non-hydrogen) atoms. The summed E-state index contributed by atoms with van der Waals surface area (Å²) in [5.41, 5.74) is 3.03. The van der Waals surface area contributed by atoms with Crippen LogP contribution >= 0.6 is 11.6 Å². The van der Waals surface area contributed by atoms with Crippen molar-refractivity contribution in [3.05, 3.63) is 76.9 Å². The van der Waals surface area contributed by atoms with Crippen LogP contribution in [0, 0.1) is 5.82 Å². The van der Waals surface area contributed by atoms with Crippen LogP contribution in [0.4, 0.5) is 4.39 Å². The Morgan fingerprint density at radius 2 is 2.11 bits per heavy atom. The maximum absolute atomic E-state index is 15.3. The molecule has 0 unspecified atom stereocenters. The van der Waals surface area contributed by atoms with Crippen LogP contribution in [0.15, 0.2) is 48.7 Å². The molecule has 1 aliphatic carbocycles. The Kier molecular flexibility index (Phi) is 6.26. The molecule has 0 radical (unpaired) electrons. The van der Waals surface area contributed by atoms with E-state index in [9.17, 15) is 5.11 Å². The second-order valence-electron chi connectivity index (χ2n) is 6.27. The van der Waals surface area contributed by atoms with Gasteiger partial charge in [0.25, 0.3) is 0 Å². The molecule has 6 heteroatoms. The molecule has 1 aromatic carbocycles. The summed E-state index contributed by atoms with van der Waals surface area (Å²) < 4.78 is 25.5. The Morgan fingerprint density at radius 3 is 2.74 bits per heavy atom. The van der Waals surface area contributed by atoms with Crippen LogP contribution in [-0.4, -0.2) is 29.7 Å². The molecule has 4 nitrogen and oxygen atoms in total. The molecule has 0 spiro atoms. The molecule has 2 aromatic rings. The molecule has 1 N–H and O–H groups in total. The highest BCUT2D eigenvalue weighted by Gasteiger charge is 2.21. The standard InChI is InChI=1S/C21H21ClFNO3/c1-26-18-9-7-15(10-13-6-8-17(24-12-13)21(25)27-2)20(23)19(18)14-4-3-5-16(22)11-14/h3-9,12,16,21,25H,10-11H2,1-2H3/t16-,21+/m0/s1. The SMILES string of the molecule is COc1ccc(Cc2ccc([C@H](O)OC)nc2)c(F)c1C1=CC=C[C@H](Cl)C1. The Bertz CT molecular complexity index is 864. The van der Waals surface area contributed by atoms with Gasteiger partial charge in [0.15, 0.2) is 6.29 Å². The maximum atomic E-state index is 15.3. The van der Waals surface area contributed by atoms with E-state index in [-0.39, 0.29) is 11.2 Å². The highest BCUT2D eigenvalue weighted by atomic mass is 35.5. The summed E-state index contributed by atoms with van der Waals surface area (Å²) in [6.07, 6.45) is 7.03. The number of alkyl halides is 1. The van der Waals surface area contributed by atoms with E-state index in [1.165, 1.54) is 14.2 Å². The molecule has 1 aromatic heterocycles. The Labute approximate surface area is 162 Å². The van der Waals surface area contributed by atoms with Gasteiger partial charge in [-0.3, -0.25) is 4.98 Å². The van der Waals surface area contributed by atoms with E-state index in [1.54, 1.807) is 30.5 Å². The van der Waals surface area contributed by atoms with Crippen molar-refractivity contribution in [3.8, 4) is 5.75 Å². The van der Waals surface area contributed by atoms with Crippen molar-refractivity contribution in [2.45, 2.75) is 24.5 Å². The molecule has 0 amide bonds. The number of ether oxygens (including phenoxy) is 2. The van der Waals surface area contributed by atoms with Crippen molar-refractivity contribution in [3.63, 3.8) is 0 Å². The molecule has 2 atom stereocenters. The number of rotatable bonds is 6. The molecular formula is C21H21ClFNO3. The molecule has 3 rings (SSSR count). The van der Waals surface area contributed by atoms with Crippen molar-refractivity contribution in [1.82, 2.24) is 4.98 Å². The third-order valence-electron chi connectivity index (χ3n) is 4.48. The fourth-order valence-electron chi connectivity index (χ4n) is 3.06. The van der Waals surface area contributed by atoms with Gasteiger partial charge in [-0.25, -0.2) is 4.39 Å². The van der Waals surface area contributed by atoms with E-state index >= 15 is 4.39 Å². The van der Waals surface area contributed by atoms with Crippen molar-refractivity contribution >= 4 is 17.2 Å². The lowest BCUT2D eigenvalue weighted by atomic mass is 9.92. The van der Waals surface area contributed by atoms with Gasteiger partial charge in [0.2, 0.25) is 0 Å². The number of pyridine rings is 1. The normalized spacial score (nSPS) is 17.5. The molecule has 1 heterocycles. The average Bonchev–Trinajstić information content (AvgIpc) is 2.69. The summed E-state index contributed by atoms with van der Waals surface area (Å²) in [7, 11) is 2.92. The molecule has 0 bridgehead atoms. The quantitative estimate of drug-likeness (QED) is 0.587. The predicted octanol–water partition coefficient (Wildman–Crippen LogP) is 4.41. The van der Waals surface area contributed by atoms with Crippen LogP contribution in [-0.2, 0) is 11.2 Å². The highest BCUT2D eigenvalue weighted by molar-refractivity contribution is 6.22. The molecule has 142 valence electrons. The third kappa shape index (κ3) is 4.38. The fourth-order valence-corrected chi connectivity index (χ4v) is 3.31. The van der Waals surface area contributed by atoms with Gasteiger partial charge >= 0.3 is 0 Å². The number of hydrogen-bond donors (Lipinski definition) is 1. The van der Waals surface area contributed by atoms with Crippen molar-refractivity contribution in [2.75, 3.05) is 14.2 Å². The summed E-state index contributed by atoms with van der Waals surface area (Å²) in [6.45, 7) is 0. The van der Waals surface area contributed by atoms with Gasteiger partial charge in [-0.2, -0.15) is 0 Å². The van der Waals surface area contributed by atoms with Gasteiger partial charge in [-0.15, -0.1) is 11.6 Å². The molecule has 0 saturated heterocycles. The minimum atomic E-state index is -1.07. The number of halogens is 2. The Hall–Kier alpha value is -2.21. The summed E-state index contributed by atoms with van der Waals surface area (Å²) in [5, 5.41) is 9.47. The van der Waals surface area contributed by atoms with Gasteiger partial charge in [-0.1, -0.05) is 30.4 Å². The summed E-state index contributed by atoms with van der Waals surface area (Å²) in [4.78, 5) is 4.17. The minimum Gasteiger partial charge on any atom is -0.496 e. The topological polar surface area (TPSA) is 51.6 Å². The summed E-state index contributed by atoms with van der Waals surface area (Å²) in [5.74, 6) is 0.166. The van der Waals surface area contributed by atoms with Crippen molar-refractivity contribution in [1.29, 1.82) is 0 Å². The molecule has 0 aliphatic heterocycles. The van der Waals surface area contributed by atoms with Gasteiger partial charge in [0.1, 0.15) is 11.6 Å². The zero-order valence-corrected chi connectivity index (χ0v) is 15.9. The van der Waals surface area contributed by atoms with E-state index in [0.717, 1.165) is 11.1 Å². The first-order chi connectivity index (χ1) is 13.0. The van der Waals surface area contributed by atoms with Gasteiger partial charge < -0.3 is 14.6 Å². The number of aliphatic hydroxyl groups excluding tert-OH is 1. The van der Waals surface area contributed by atoms with Gasteiger partial charge in [0.05, 0.1) is 23.7 Å². The number of aliphatic hydroxyl groups is 1. The first-order valence-corrected chi connectivity index (χ1v) is 9.00. The number of hydrogen-bond acceptors (Lipinski definition) is 4. The molecular weight excluding hydrogens is 369 g/mol. The molecule has 0 fully saturated rings. The average molecular weight is 390 g/mol. The first-order valence-electron chi connectivity index (χ1n) is 8.56. The second kappa shape index (κ2) is 8.65. The maximum Gasteiger partial charge on any atom is 0.198 e. The first kappa shape index (κ1) is 19.5. The van der Waals surface area contributed by atoms with Gasteiger partial charge in [0, 0.05) is 19.7 Å². The van der Waals surface area contributed by atoms with E-state index < -0.39 is 6.29 Å². The molecule has 1 aliphatic rings. The summed E-state index contributed by atoms with van der Waals surface area (Å²) >= 11 is 6.20. The largest absolute Gasteiger partial charge is 0.496 e. The van der Waals surface area contributed by atoms with E-state index in [2.05, 4.69) is 4.98 Å². The van der Waals surface area contributed by atoms with Gasteiger partial charge in [-0.05, 0) is 35.3 Å². The Morgan fingerprint density at radius 1 is 1.30 bits per heavy atom. The zero-order chi connectivity index (χ0) is 19.4. The third-order valence-corrected chi connectivity index (χ3v) is 4.78. The van der Waals surface area contributed by atoms with Crippen LogP contribution in [0.1, 0.15) is 35.1 Å². The van der Waals surface area contributed by atoms with Crippen LogP contribution in [0.25, 0.3) is 5.57 Å². The Balaban J connectivity index is 1.92. The number of nitrogens with zero attached hydrogens (tertiary/aromatic N) is 1. The highest BCUT2D eigenvalue weighted by Crippen LogP contribution is 2.36. The number of allylic oxidation sites excluding steroid dienone is 4. The summed E-state index contributed by atoms with van der Waals surface area (Å²) in [6, 6.07) is 6.95. The van der Waals surface area contributed by atoms with E-state index in [4.69, 9.17) is 21.1 Å². The van der Waals surface area contributed by atoms with Crippen molar-refractivity contribution in [2.24, 2.45) is 0 Å². The van der Waals surface area contributed by atoms with Crippen molar-refractivity contribution < 1.29 is 19.0 Å². The van der Waals surface area contributed by atoms with E-state index in [1.807, 2.05) is 18.2 Å². The van der Waals surface area contributed by atoms with Crippen LogP contribution in [0.3, 0.4) is 0 Å². The van der Waals surface area contributed by atoms with Crippen LogP contribution in [0.2, 0.25) is 0 Å². The number of aromatic nitrogens is 1. The van der Waals surface area contributed by atoms with E-state index in [0.29, 0.717) is 35.4 Å².